The molecule has 0 N–H and O–H groups in total. The predicted molar refractivity (Wildman–Crippen MR) is 90.1 cm³/mol. The molecule has 0 aliphatic rings. The molecule has 0 unspecified atom stereocenters. The summed E-state index contributed by atoms with van der Waals surface area (Å²) in [4.78, 5) is 9.51. The normalized spacial score (nSPS) is 11.2. The highest BCUT2D eigenvalue weighted by Crippen LogP contribution is 2.20. The number of rotatable bonds is 3. The summed E-state index contributed by atoms with van der Waals surface area (Å²) in [5, 5.41) is 0. The van der Waals surface area contributed by atoms with Crippen LogP contribution in [-0.4, -0.2) is 22.4 Å². The maximum absolute atomic E-state index is 4.79. The van der Waals surface area contributed by atoms with Gasteiger partial charge in [0.25, 0.3) is 0 Å². The number of pyridine rings is 1. The highest BCUT2D eigenvalue weighted by Gasteiger charge is 2.13. The Kier molecular flexibility index (Phi) is 3.54. The van der Waals surface area contributed by atoms with Crippen LogP contribution in [0, 0.1) is 13.8 Å². The molecule has 3 rings (SSSR count). The first kappa shape index (κ1) is 13.9. The van der Waals surface area contributed by atoms with E-state index in [-0.39, 0.29) is 0 Å². The second-order valence-electron chi connectivity index (χ2n) is 5.71. The van der Waals surface area contributed by atoms with Crippen LogP contribution in [-0.2, 0) is 13.0 Å². The largest absolute Gasteiger partial charge is 0.308 e. The van der Waals surface area contributed by atoms with E-state index in [9.17, 15) is 0 Å². The quantitative estimate of drug-likeness (QED) is 0.685. The number of fused-ring (bicyclic) bond motifs is 1. The van der Waals surface area contributed by atoms with E-state index in [1.807, 2.05) is 6.92 Å². The van der Waals surface area contributed by atoms with Gasteiger partial charge in [-0.3, -0.25) is 0 Å². The van der Waals surface area contributed by atoms with Crippen LogP contribution in [0.25, 0.3) is 11.2 Å². The molecule has 0 aliphatic heterocycles. The average molecular weight is 277 g/mol. The highest BCUT2D eigenvalue weighted by molar-refractivity contribution is 6.32. The van der Waals surface area contributed by atoms with Crippen molar-refractivity contribution in [3.05, 3.63) is 53.0 Å². The van der Waals surface area contributed by atoms with E-state index in [1.54, 1.807) is 0 Å². The summed E-state index contributed by atoms with van der Waals surface area (Å²) in [7, 11) is 2.11. The lowest BCUT2D eigenvalue weighted by Crippen LogP contribution is -2.07. The van der Waals surface area contributed by atoms with Gasteiger partial charge < -0.3 is 4.57 Å². The van der Waals surface area contributed by atoms with Crippen LogP contribution in [0.5, 0.6) is 0 Å². The van der Waals surface area contributed by atoms with Crippen LogP contribution >= 0.6 is 0 Å². The molecule has 3 aromatic rings. The molecule has 1 aromatic carbocycles. The maximum Gasteiger partial charge on any atom is 0.160 e. The third-order valence-corrected chi connectivity index (χ3v) is 3.88. The molecule has 0 amide bonds. The van der Waals surface area contributed by atoms with Gasteiger partial charge in [-0.25, -0.2) is 9.97 Å². The number of nitrogens with zero attached hydrogens (tertiary/aromatic N) is 3. The molecule has 0 bridgehead atoms. The van der Waals surface area contributed by atoms with E-state index >= 15 is 0 Å². The Bertz CT molecular complexity index is 788. The molecule has 0 radical (unpaired) electrons. The molecular weight excluding hydrogens is 257 g/mol. The average Bonchev–Trinajstić information content (AvgIpc) is 2.80. The zero-order chi connectivity index (χ0) is 15.0. The number of aromatic nitrogens is 3. The first-order valence-corrected chi connectivity index (χ1v) is 7.47. The van der Waals surface area contributed by atoms with Gasteiger partial charge >= 0.3 is 0 Å². The van der Waals surface area contributed by atoms with E-state index in [4.69, 9.17) is 9.97 Å². The minimum Gasteiger partial charge on any atom is -0.308 e. The summed E-state index contributed by atoms with van der Waals surface area (Å²) < 4.78 is 2.25. The fraction of sp³-hybridized carbons (Fsp3) is 0.294. The molecule has 2 aromatic heterocycles. The molecule has 4 heteroatoms. The zero-order valence-corrected chi connectivity index (χ0v) is 13.1. The van der Waals surface area contributed by atoms with Gasteiger partial charge in [0.1, 0.15) is 19.2 Å². The Labute approximate surface area is 126 Å². The molecule has 0 fully saturated rings. The molecule has 0 saturated carbocycles. The van der Waals surface area contributed by atoms with Crippen molar-refractivity contribution in [3.8, 4) is 0 Å². The van der Waals surface area contributed by atoms with Crippen molar-refractivity contribution in [3.63, 3.8) is 0 Å². The second-order valence-corrected chi connectivity index (χ2v) is 5.71. The summed E-state index contributed by atoms with van der Waals surface area (Å²) in [6.07, 6.45) is 0.917. The first-order valence-electron chi connectivity index (χ1n) is 7.47. The molecule has 3 nitrogen and oxygen atoms in total. The monoisotopic (exact) mass is 277 g/mol. The van der Waals surface area contributed by atoms with Crippen LogP contribution < -0.4 is 5.46 Å². The minimum atomic E-state index is 0.829. The van der Waals surface area contributed by atoms with Crippen LogP contribution in [0.3, 0.4) is 0 Å². The highest BCUT2D eigenvalue weighted by atomic mass is 15.1. The zero-order valence-electron chi connectivity index (χ0n) is 13.1. The summed E-state index contributed by atoms with van der Waals surface area (Å²) in [6, 6.07) is 10.8. The lowest BCUT2D eigenvalue weighted by molar-refractivity contribution is 0.745. The van der Waals surface area contributed by atoms with Gasteiger partial charge in [0.2, 0.25) is 0 Å². The Hall–Kier alpha value is -2.10. The van der Waals surface area contributed by atoms with Gasteiger partial charge in [0, 0.05) is 12.1 Å². The van der Waals surface area contributed by atoms with Gasteiger partial charge in [0.15, 0.2) is 5.65 Å². The Morgan fingerprint density at radius 3 is 2.48 bits per heavy atom. The molecular formula is C17H20BN3. The van der Waals surface area contributed by atoms with Crippen molar-refractivity contribution in [2.45, 2.75) is 33.7 Å². The van der Waals surface area contributed by atoms with Crippen LogP contribution in [0.4, 0.5) is 0 Å². The number of imidazole rings is 1. The standard InChI is InChI=1S/C17H20BN3/c1-4-15-20-16-11(2)9-12(3)19-17(16)21(15)10-13-5-7-14(18)8-6-13/h5-9H,4,10,18H2,1-3H3. The van der Waals surface area contributed by atoms with Gasteiger partial charge in [0.05, 0.1) is 6.54 Å². The first-order chi connectivity index (χ1) is 10.1. The molecule has 21 heavy (non-hydrogen) atoms. The molecule has 0 aliphatic carbocycles. The summed E-state index contributed by atoms with van der Waals surface area (Å²) in [5.41, 5.74) is 6.86. The Morgan fingerprint density at radius 1 is 1.10 bits per heavy atom. The van der Waals surface area contributed by atoms with Crippen molar-refractivity contribution >= 4 is 24.5 Å². The predicted octanol–water partition coefficient (Wildman–Crippen LogP) is 1.92. The maximum atomic E-state index is 4.79. The van der Waals surface area contributed by atoms with E-state index < -0.39 is 0 Å². The Balaban J connectivity index is 2.13. The second kappa shape index (κ2) is 5.36. The van der Waals surface area contributed by atoms with E-state index in [2.05, 4.69) is 56.6 Å². The summed E-state index contributed by atoms with van der Waals surface area (Å²) in [5.74, 6) is 1.10. The number of hydrogen-bond acceptors (Lipinski definition) is 2. The summed E-state index contributed by atoms with van der Waals surface area (Å²) >= 11 is 0. The fourth-order valence-electron chi connectivity index (χ4n) is 2.76. The lowest BCUT2D eigenvalue weighted by Gasteiger charge is -2.08. The fourth-order valence-corrected chi connectivity index (χ4v) is 2.76. The molecule has 0 spiro atoms. The van der Waals surface area contributed by atoms with Crippen molar-refractivity contribution in [1.82, 2.24) is 14.5 Å². The van der Waals surface area contributed by atoms with E-state index in [1.165, 1.54) is 16.6 Å². The molecule has 106 valence electrons. The van der Waals surface area contributed by atoms with Gasteiger partial charge in [-0.2, -0.15) is 0 Å². The van der Waals surface area contributed by atoms with Crippen LogP contribution in [0.1, 0.15) is 29.6 Å². The van der Waals surface area contributed by atoms with Gasteiger partial charge in [-0.05, 0) is 31.0 Å². The SMILES string of the molecule is Bc1ccc(Cn2c(CC)nc3c(C)cc(C)nc32)cc1. The van der Waals surface area contributed by atoms with E-state index in [0.717, 1.165) is 35.6 Å². The third-order valence-electron chi connectivity index (χ3n) is 3.88. The van der Waals surface area contributed by atoms with Crippen molar-refractivity contribution in [2.75, 3.05) is 0 Å². The minimum absolute atomic E-state index is 0.829. The van der Waals surface area contributed by atoms with Gasteiger partial charge in [-0.1, -0.05) is 36.7 Å². The van der Waals surface area contributed by atoms with Crippen molar-refractivity contribution in [2.24, 2.45) is 0 Å². The third kappa shape index (κ3) is 2.58. The number of hydrogen-bond donors (Lipinski definition) is 0. The van der Waals surface area contributed by atoms with Crippen LogP contribution in [0.2, 0.25) is 0 Å². The van der Waals surface area contributed by atoms with Gasteiger partial charge in [-0.15, -0.1) is 0 Å². The number of aryl methyl sites for hydroxylation is 3. The topological polar surface area (TPSA) is 30.7 Å². The van der Waals surface area contributed by atoms with E-state index in [0.29, 0.717) is 0 Å². The summed E-state index contributed by atoms with van der Waals surface area (Å²) in [6.45, 7) is 7.13. The van der Waals surface area contributed by atoms with Crippen LogP contribution in [0.15, 0.2) is 30.3 Å². The smallest absolute Gasteiger partial charge is 0.160 e. The number of benzene rings is 1. The Morgan fingerprint density at radius 2 is 1.81 bits per heavy atom. The molecule has 0 saturated heterocycles. The molecule has 2 heterocycles. The van der Waals surface area contributed by atoms with Crippen molar-refractivity contribution in [1.29, 1.82) is 0 Å². The lowest BCUT2D eigenvalue weighted by atomic mass is 9.95. The van der Waals surface area contributed by atoms with Crippen molar-refractivity contribution < 1.29 is 0 Å². The molecule has 0 atom stereocenters.